The quantitative estimate of drug-likeness (QED) is 0.859. The fourth-order valence-corrected chi connectivity index (χ4v) is 2.57. The van der Waals surface area contributed by atoms with Gasteiger partial charge in [0.15, 0.2) is 6.61 Å². The van der Waals surface area contributed by atoms with Crippen LogP contribution in [-0.4, -0.2) is 22.8 Å². The Balaban J connectivity index is 2.25. The minimum atomic E-state index is -0.990. The molecule has 2 N–H and O–H groups in total. The van der Waals surface area contributed by atoms with E-state index in [-0.39, 0.29) is 12.5 Å². The topological polar surface area (TPSA) is 66.8 Å². The molecule has 1 aromatic carbocycles. The second kappa shape index (κ2) is 5.40. The summed E-state index contributed by atoms with van der Waals surface area (Å²) in [5.74, 6) is -0.119. The fraction of sp³-hybridized carbons (Fsp3) is 0.500. The van der Waals surface area contributed by atoms with Crippen LogP contribution in [0.15, 0.2) is 18.2 Å². The molecule has 1 aromatic rings. The molecular weight excluding hydrogens is 232 g/mol. The zero-order valence-electron chi connectivity index (χ0n) is 10.4. The molecule has 98 valence electrons. The Bertz CT molecular complexity index is 441. The van der Waals surface area contributed by atoms with E-state index in [9.17, 15) is 9.90 Å². The normalized spacial score (nSPS) is 22.3. The number of ether oxygens (including phenoxy) is 1. The van der Waals surface area contributed by atoms with Crippen molar-refractivity contribution in [2.45, 2.75) is 32.3 Å². The van der Waals surface area contributed by atoms with E-state index in [1.165, 1.54) is 0 Å². The predicted molar refractivity (Wildman–Crippen MR) is 66.6 cm³/mol. The number of hydrogen-bond donors (Lipinski definition) is 2. The van der Waals surface area contributed by atoms with Crippen molar-refractivity contribution >= 4 is 5.97 Å². The molecule has 18 heavy (non-hydrogen) atoms. The Morgan fingerprint density at radius 2 is 2.28 bits per heavy atom. The average molecular weight is 250 g/mol. The largest absolute Gasteiger partial charge is 0.482 e. The predicted octanol–water partition coefficient (Wildman–Crippen LogP) is 2.16. The van der Waals surface area contributed by atoms with Crippen molar-refractivity contribution in [2.75, 3.05) is 6.61 Å². The van der Waals surface area contributed by atoms with Crippen LogP contribution in [0.4, 0.5) is 0 Å². The van der Waals surface area contributed by atoms with E-state index in [0.29, 0.717) is 5.75 Å². The Morgan fingerprint density at radius 1 is 1.50 bits per heavy atom. The van der Waals surface area contributed by atoms with Gasteiger partial charge >= 0.3 is 5.97 Å². The average Bonchev–Trinajstić information content (AvgIpc) is 2.37. The van der Waals surface area contributed by atoms with E-state index in [4.69, 9.17) is 9.84 Å². The molecule has 1 aliphatic carbocycles. The first-order valence-corrected chi connectivity index (χ1v) is 6.28. The summed E-state index contributed by atoms with van der Waals surface area (Å²) in [6.45, 7) is 1.73. The molecule has 0 radical (unpaired) electrons. The van der Waals surface area contributed by atoms with Crippen LogP contribution in [0.2, 0.25) is 0 Å². The summed E-state index contributed by atoms with van der Waals surface area (Å²) in [5, 5.41) is 18.9. The highest BCUT2D eigenvalue weighted by atomic mass is 16.5. The van der Waals surface area contributed by atoms with Gasteiger partial charge in [-0.3, -0.25) is 0 Å². The van der Waals surface area contributed by atoms with Crippen molar-refractivity contribution in [2.24, 2.45) is 5.92 Å². The first-order chi connectivity index (χ1) is 8.63. The molecule has 0 fully saturated rings. The molecule has 0 aromatic heterocycles. The van der Waals surface area contributed by atoms with Crippen LogP contribution in [0.1, 0.15) is 37.0 Å². The minimum absolute atomic E-state index is 0.284. The highest BCUT2D eigenvalue weighted by Gasteiger charge is 2.28. The van der Waals surface area contributed by atoms with Crippen LogP contribution in [-0.2, 0) is 11.2 Å². The molecule has 0 heterocycles. The maximum Gasteiger partial charge on any atom is 0.341 e. The van der Waals surface area contributed by atoms with Crippen LogP contribution in [0.3, 0.4) is 0 Å². The lowest BCUT2D eigenvalue weighted by atomic mass is 9.80. The van der Waals surface area contributed by atoms with Crippen molar-refractivity contribution < 1.29 is 19.7 Å². The Morgan fingerprint density at radius 3 is 2.94 bits per heavy atom. The van der Waals surface area contributed by atoms with Gasteiger partial charge in [0.05, 0.1) is 6.10 Å². The summed E-state index contributed by atoms with van der Waals surface area (Å²) in [6, 6.07) is 5.47. The lowest BCUT2D eigenvalue weighted by Crippen LogP contribution is -2.21. The molecule has 0 saturated heterocycles. The molecule has 0 amide bonds. The zero-order chi connectivity index (χ0) is 13.1. The number of fused-ring (bicyclic) bond motifs is 1. The Labute approximate surface area is 106 Å². The van der Waals surface area contributed by atoms with Crippen LogP contribution < -0.4 is 4.74 Å². The number of carboxylic acids is 1. The molecule has 2 atom stereocenters. The van der Waals surface area contributed by atoms with Gasteiger partial charge in [0.2, 0.25) is 0 Å². The molecule has 2 unspecified atom stereocenters. The Kier molecular flexibility index (Phi) is 3.87. The van der Waals surface area contributed by atoms with Gasteiger partial charge in [0, 0.05) is 0 Å². The zero-order valence-corrected chi connectivity index (χ0v) is 10.4. The van der Waals surface area contributed by atoms with Gasteiger partial charge in [0.25, 0.3) is 0 Å². The molecule has 0 spiro atoms. The Hall–Kier alpha value is -1.55. The van der Waals surface area contributed by atoms with E-state index in [1.807, 2.05) is 6.07 Å². The number of carbonyl (C=O) groups is 1. The number of aliphatic hydroxyl groups is 1. The summed E-state index contributed by atoms with van der Waals surface area (Å²) in [5.41, 5.74) is 1.84. The SMILES string of the molecule is CCC1CCc2c(OCC(=O)O)cccc2C1O. The number of hydrogen-bond acceptors (Lipinski definition) is 3. The van der Waals surface area contributed by atoms with Gasteiger partial charge in [-0.2, -0.15) is 0 Å². The van der Waals surface area contributed by atoms with Gasteiger partial charge in [-0.25, -0.2) is 4.79 Å². The fourth-order valence-electron chi connectivity index (χ4n) is 2.57. The second-order valence-electron chi connectivity index (χ2n) is 4.66. The van der Waals surface area contributed by atoms with E-state index in [1.54, 1.807) is 12.1 Å². The molecule has 0 aliphatic heterocycles. The molecule has 0 saturated carbocycles. The van der Waals surface area contributed by atoms with Gasteiger partial charge in [-0.1, -0.05) is 25.5 Å². The van der Waals surface area contributed by atoms with Crippen molar-refractivity contribution in [3.63, 3.8) is 0 Å². The van der Waals surface area contributed by atoms with Gasteiger partial charge in [-0.05, 0) is 36.0 Å². The lowest BCUT2D eigenvalue weighted by Gasteiger charge is -2.30. The van der Waals surface area contributed by atoms with Crippen LogP contribution in [0, 0.1) is 5.92 Å². The highest BCUT2D eigenvalue weighted by Crippen LogP contribution is 2.39. The molecular formula is C14H18O4. The summed E-state index contributed by atoms with van der Waals surface area (Å²) in [7, 11) is 0. The van der Waals surface area contributed by atoms with Crippen LogP contribution >= 0.6 is 0 Å². The van der Waals surface area contributed by atoms with E-state index in [2.05, 4.69) is 6.92 Å². The lowest BCUT2D eigenvalue weighted by molar-refractivity contribution is -0.139. The smallest absolute Gasteiger partial charge is 0.341 e. The molecule has 0 bridgehead atoms. The van der Waals surface area contributed by atoms with Crippen LogP contribution in [0.5, 0.6) is 5.75 Å². The second-order valence-corrected chi connectivity index (χ2v) is 4.66. The van der Waals surface area contributed by atoms with Gasteiger partial charge in [-0.15, -0.1) is 0 Å². The van der Waals surface area contributed by atoms with Crippen molar-refractivity contribution in [1.82, 2.24) is 0 Å². The maximum absolute atomic E-state index is 10.5. The third kappa shape index (κ3) is 2.48. The third-order valence-corrected chi connectivity index (χ3v) is 3.58. The van der Waals surface area contributed by atoms with E-state index in [0.717, 1.165) is 30.4 Å². The number of carboxylic acid groups (broad SMARTS) is 1. The van der Waals surface area contributed by atoms with Gasteiger partial charge < -0.3 is 14.9 Å². The molecule has 4 nitrogen and oxygen atoms in total. The molecule has 2 rings (SSSR count). The summed E-state index contributed by atoms with van der Waals surface area (Å²) >= 11 is 0. The molecule has 4 heteroatoms. The van der Waals surface area contributed by atoms with E-state index >= 15 is 0 Å². The van der Waals surface area contributed by atoms with Crippen LogP contribution in [0.25, 0.3) is 0 Å². The maximum atomic E-state index is 10.5. The van der Waals surface area contributed by atoms with Crippen molar-refractivity contribution in [3.05, 3.63) is 29.3 Å². The summed E-state index contributed by atoms with van der Waals surface area (Å²) in [6.07, 6.45) is 2.23. The standard InChI is InChI=1S/C14H18O4/c1-2-9-6-7-10-11(14(9)17)4-3-5-12(10)18-8-13(15)16/h3-5,9,14,17H,2,6-8H2,1H3,(H,15,16). The van der Waals surface area contributed by atoms with Gasteiger partial charge in [0.1, 0.15) is 5.75 Å². The first-order valence-electron chi connectivity index (χ1n) is 6.28. The highest BCUT2D eigenvalue weighted by molar-refractivity contribution is 5.68. The number of aliphatic carboxylic acids is 1. The first kappa shape index (κ1) is 12.9. The minimum Gasteiger partial charge on any atom is -0.482 e. The summed E-state index contributed by atoms with van der Waals surface area (Å²) < 4.78 is 5.27. The third-order valence-electron chi connectivity index (χ3n) is 3.58. The molecule has 1 aliphatic rings. The summed E-state index contributed by atoms with van der Waals surface area (Å²) in [4.78, 5) is 10.5. The number of benzene rings is 1. The number of rotatable bonds is 4. The van der Waals surface area contributed by atoms with Crippen molar-refractivity contribution in [3.8, 4) is 5.75 Å². The van der Waals surface area contributed by atoms with E-state index < -0.39 is 12.1 Å². The number of aliphatic hydroxyl groups excluding tert-OH is 1. The monoisotopic (exact) mass is 250 g/mol. The van der Waals surface area contributed by atoms with Crippen molar-refractivity contribution in [1.29, 1.82) is 0 Å².